The van der Waals surface area contributed by atoms with E-state index in [0.717, 1.165) is 41.1 Å². The van der Waals surface area contributed by atoms with E-state index in [-0.39, 0.29) is 0 Å². The van der Waals surface area contributed by atoms with E-state index < -0.39 is 0 Å². The van der Waals surface area contributed by atoms with Crippen molar-refractivity contribution in [3.8, 4) is 11.5 Å². The van der Waals surface area contributed by atoms with Crippen LogP contribution in [0.1, 0.15) is 38.5 Å². The summed E-state index contributed by atoms with van der Waals surface area (Å²) in [6, 6.07) is 6.08. The lowest BCUT2D eigenvalue weighted by molar-refractivity contribution is 0.288. The van der Waals surface area contributed by atoms with E-state index >= 15 is 0 Å². The molecular formula is C14H19IO2. The Labute approximate surface area is 117 Å². The normalized spacial score (nSPS) is 17.9. The molecule has 0 N–H and O–H groups in total. The van der Waals surface area contributed by atoms with Gasteiger partial charge in [-0.3, -0.25) is 0 Å². The lowest BCUT2D eigenvalue weighted by atomic mass is 10.1. The van der Waals surface area contributed by atoms with Gasteiger partial charge in [0, 0.05) is 0 Å². The highest BCUT2D eigenvalue weighted by molar-refractivity contribution is 14.1. The van der Waals surface area contributed by atoms with Gasteiger partial charge in [0.1, 0.15) is 11.5 Å². The molecular weight excluding hydrogens is 327 g/mol. The zero-order valence-electron chi connectivity index (χ0n) is 10.1. The van der Waals surface area contributed by atoms with Crippen LogP contribution in [0.4, 0.5) is 0 Å². The highest BCUT2D eigenvalue weighted by Crippen LogP contribution is 2.26. The first-order valence-electron chi connectivity index (χ1n) is 6.41. The van der Waals surface area contributed by atoms with Gasteiger partial charge < -0.3 is 9.47 Å². The third-order valence-electron chi connectivity index (χ3n) is 2.97. The van der Waals surface area contributed by atoms with Gasteiger partial charge in [0.05, 0.1) is 16.8 Å². The third-order valence-corrected chi connectivity index (χ3v) is 3.81. The molecule has 1 aromatic carbocycles. The fourth-order valence-corrected chi connectivity index (χ4v) is 2.61. The molecule has 2 bridgehead atoms. The number of fused-ring (bicyclic) bond motifs is 11. The molecule has 0 saturated carbocycles. The van der Waals surface area contributed by atoms with Crippen molar-refractivity contribution in [2.45, 2.75) is 38.5 Å². The Hall–Kier alpha value is -0.450. The molecule has 0 atom stereocenters. The summed E-state index contributed by atoms with van der Waals surface area (Å²) >= 11 is 2.31. The van der Waals surface area contributed by atoms with Crippen LogP contribution < -0.4 is 9.47 Å². The number of halogens is 1. The van der Waals surface area contributed by atoms with Gasteiger partial charge in [-0.05, 0) is 53.6 Å². The highest BCUT2D eigenvalue weighted by atomic mass is 127. The second kappa shape index (κ2) is 7.09. The first-order valence-corrected chi connectivity index (χ1v) is 7.49. The molecule has 2 aliphatic heterocycles. The minimum absolute atomic E-state index is 0.830. The van der Waals surface area contributed by atoms with Crippen molar-refractivity contribution in [1.82, 2.24) is 0 Å². The molecule has 0 aliphatic carbocycles. The van der Waals surface area contributed by atoms with Crippen LogP contribution in [-0.2, 0) is 0 Å². The predicted molar refractivity (Wildman–Crippen MR) is 77.9 cm³/mol. The smallest absolute Gasteiger partial charge is 0.132 e. The molecule has 1 aromatic rings. The summed E-state index contributed by atoms with van der Waals surface area (Å²) in [5.74, 6) is 1.94. The Morgan fingerprint density at radius 1 is 0.824 bits per heavy atom. The average Bonchev–Trinajstić information content (AvgIpc) is 2.33. The molecule has 17 heavy (non-hydrogen) atoms. The summed E-state index contributed by atoms with van der Waals surface area (Å²) in [7, 11) is 0. The minimum atomic E-state index is 0.830. The molecule has 2 heterocycles. The van der Waals surface area contributed by atoms with Gasteiger partial charge in [0.25, 0.3) is 0 Å². The molecule has 0 amide bonds. The van der Waals surface area contributed by atoms with Crippen LogP contribution in [0.3, 0.4) is 0 Å². The Kier molecular flexibility index (Phi) is 5.42. The standard InChI is InChI=1S/C14H19IO2/c15-13-11-12-7-8-14(13)17-10-6-4-2-1-3-5-9-16-12/h7-8,11H,1-6,9-10H2. The summed E-state index contributed by atoms with van der Waals surface area (Å²) in [5.41, 5.74) is 0. The lowest BCUT2D eigenvalue weighted by Gasteiger charge is -2.12. The summed E-state index contributed by atoms with van der Waals surface area (Å²) < 4.78 is 12.6. The van der Waals surface area contributed by atoms with Crippen LogP contribution in [0, 0.1) is 3.57 Å². The molecule has 0 fully saturated rings. The zero-order chi connectivity index (χ0) is 11.9. The van der Waals surface area contributed by atoms with Crippen LogP contribution in [0.25, 0.3) is 0 Å². The number of rotatable bonds is 0. The van der Waals surface area contributed by atoms with Crippen LogP contribution in [0.2, 0.25) is 0 Å². The lowest BCUT2D eigenvalue weighted by Crippen LogP contribution is -2.02. The fraction of sp³-hybridized carbons (Fsp3) is 0.571. The first kappa shape index (κ1) is 13.0. The maximum absolute atomic E-state index is 5.77. The summed E-state index contributed by atoms with van der Waals surface area (Å²) in [6.45, 7) is 1.66. The highest BCUT2D eigenvalue weighted by Gasteiger charge is 2.04. The van der Waals surface area contributed by atoms with E-state index in [4.69, 9.17) is 9.47 Å². The van der Waals surface area contributed by atoms with Crippen molar-refractivity contribution >= 4 is 22.6 Å². The van der Waals surface area contributed by atoms with E-state index in [1.807, 2.05) is 12.1 Å². The fourth-order valence-electron chi connectivity index (χ4n) is 1.97. The van der Waals surface area contributed by atoms with Crippen molar-refractivity contribution in [1.29, 1.82) is 0 Å². The number of ether oxygens (including phenoxy) is 2. The third kappa shape index (κ3) is 4.37. The molecule has 0 radical (unpaired) electrons. The van der Waals surface area contributed by atoms with Gasteiger partial charge in [-0.25, -0.2) is 0 Å². The largest absolute Gasteiger partial charge is 0.494 e. The number of hydrogen-bond acceptors (Lipinski definition) is 2. The van der Waals surface area contributed by atoms with Gasteiger partial charge in [-0.1, -0.05) is 25.7 Å². The SMILES string of the molecule is Ic1cc2ccc1OCCCCCCCCO2. The van der Waals surface area contributed by atoms with Gasteiger partial charge in [-0.2, -0.15) is 0 Å². The molecule has 2 nitrogen and oxygen atoms in total. The second-order valence-electron chi connectivity index (χ2n) is 4.41. The average molecular weight is 346 g/mol. The predicted octanol–water partition coefficient (Wildman–Crippen LogP) is 4.40. The quantitative estimate of drug-likeness (QED) is 0.648. The van der Waals surface area contributed by atoms with Crippen LogP contribution >= 0.6 is 22.6 Å². The van der Waals surface area contributed by atoms with Gasteiger partial charge in [0.15, 0.2) is 0 Å². The van der Waals surface area contributed by atoms with Crippen molar-refractivity contribution in [3.05, 3.63) is 21.8 Å². The van der Waals surface area contributed by atoms with Gasteiger partial charge in [-0.15, -0.1) is 0 Å². The van der Waals surface area contributed by atoms with Crippen molar-refractivity contribution in [3.63, 3.8) is 0 Å². The summed E-state index contributed by atoms with van der Waals surface area (Å²) in [4.78, 5) is 0. The Morgan fingerprint density at radius 3 is 2.18 bits per heavy atom. The molecule has 94 valence electrons. The Balaban J connectivity index is 2.02. The molecule has 0 aromatic heterocycles. The van der Waals surface area contributed by atoms with Crippen molar-refractivity contribution < 1.29 is 9.47 Å². The monoisotopic (exact) mass is 346 g/mol. The van der Waals surface area contributed by atoms with E-state index in [1.165, 1.54) is 25.7 Å². The zero-order valence-corrected chi connectivity index (χ0v) is 12.2. The molecule has 0 spiro atoms. The van der Waals surface area contributed by atoms with E-state index in [9.17, 15) is 0 Å². The topological polar surface area (TPSA) is 18.5 Å². The van der Waals surface area contributed by atoms with Crippen LogP contribution in [-0.4, -0.2) is 13.2 Å². The maximum Gasteiger partial charge on any atom is 0.132 e. The molecule has 3 rings (SSSR count). The van der Waals surface area contributed by atoms with Crippen LogP contribution in [0.15, 0.2) is 18.2 Å². The van der Waals surface area contributed by atoms with E-state index in [0.29, 0.717) is 0 Å². The summed E-state index contributed by atoms with van der Waals surface area (Å²) in [5, 5.41) is 0. The maximum atomic E-state index is 5.77. The van der Waals surface area contributed by atoms with Crippen molar-refractivity contribution in [2.24, 2.45) is 0 Å². The second-order valence-corrected chi connectivity index (χ2v) is 5.57. The van der Waals surface area contributed by atoms with Gasteiger partial charge >= 0.3 is 0 Å². The minimum Gasteiger partial charge on any atom is -0.494 e. The summed E-state index contributed by atoms with van der Waals surface area (Å²) in [6.07, 6.45) is 7.51. The number of benzene rings is 1. The molecule has 2 aliphatic rings. The molecule has 0 saturated heterocycles. The van der Waals surface area contributed by atoms with Crippen molar-refractivity contribution in [2.75, 3.05) is 13.2 Å². The van der Waals surface area contributed by atoms with Crippen LogP contribution in [0.5, 0.6) is 11.5 Å². The van der Waals surface area contributed by atoms with E-state index in [1.54, 1.807) is 0 Å². The number of hydrogen-bond donors (Lipinski definition) is 0. The first-order chi connectivity index (χ1) is 8.36. The molecule has 0 unspecified atom stereocenters. The Morgan fingerprint density at radius 2 is 1.47 bits per heavy atom. The van der Waals surface area contributed by atoms with E-state index in [2.05, 4.69) is 28.7 Å². The Bertz CT molecular complexity index is 352. The molecule has 3 heteroatoms. The van der Waals surface area contributed by atoms with Gasteiger partial charge in [0.2, 0.25) is 0 Å².